The second-order valence-electron chi connectivity index (χ2n) is 9.65. The second kappa shape index (κ2) is 10.9. The Morgan fingerprint density at radius 3 is 2.44 bits per heavy atom. The molecule has 1 saturated carbocycles. The first kappa shape index (κ1) is 27.3. The summed E-state index contributed by atoms with van der Waals surface area (Å²) in [5, 5.41) is 2.23. The first-order valence-corrected chi connectivity index (χ1v) is 16.6. The molecule has 4 rings (SSSR count). The van der Waals surface area contributed by atoms with Crippen molar-refractivity contribution in [2.24, 2.45) is 5.92 Å². The fraction of sp³-hybridized carbons (Fsp3) is 0.609. The third-order valence-corrected chi connectivity index (χ3v) is 12.1. The minimum absolute atomic E-state index is 0.00980. The Morgan fingerprint density at radius 2 is 1.86 bits per heavy atom. The van der Waals surface area contributed by atoms with E-state index in [2.05, 4.69) is 10.3 Å². The quantitative estimate of drug-likeness (QED) is 0.531. The highest BCUT2D eigenvalue weighted by molar-refractivity contribution is 7.93. The Hall–Kier alpha value is -1.76. The number of aromatic nitrogens is 2. The van der Waals surface area contributed by atoms with Crippen molar-refractivity contribution in [1.29, 1.82) is 0 Å². The molecule has 36 heavy (non-hydrogen) atoms. The highest BCUT2D eigenvalue weighted by Gasteiger charge is 2.35. The number of anilines is 1. The minimum atomic E-state index is -3.89. The number of amides is 1. The number of thiazole rings is 1. The lowest BCUT2D eigenvalue weighted by Gasteiger charge is -2.28. The van der Waals surface area contributed by atoms with Crippen LogP contribution in [-0.4, -0.2) is 49.0 Å². The van der Waals surface area contributed by atoms with E-state index in [1.807, 2.05) is 0 Å². The third-order valence-electron chi connectivity index (χ3n) is 7.11. The van der Waals surface area contributed by atoms with E-state index < -0.39 is 42.4 Å². The molecule has 0 unspecified atom stereocenters. The van der Waals surface area contributed by atoms with Gasteiger partial charge in [-0.1, -0.05) is 55.0 Å². The van der Waals surface area contributed by atoms with Gasteiger partial charge in [-0.05, 0) is 38.2 Å². The maximum atomic E-state index is 13.4. The molecule has 0 bridgehead atoms. The van der Waals surface area contributed by atoms with Crippen molar-refractivity contribution in [3.8, 4) is 0 Å². The van der Waals surface area contributed by atoms with Crippen LogP contribution in [-0.2, 0) is 24.5 Å². The largest absolute Gasteiger partial charge is 0.300 e. The van der Waals surface area contributed by atoms with Gasteiger partial charge < -0.3 is 9.88 Å². The van der Waals surface area contributed by atoms with Crippen molar-refractivity contribution in [3.63, 3.8) is 0 Å². The zero-order valence-electron chi connectivity index (χ0n) is 20.0. The summed E-state index contributed by atoms with van der Waals surface area (Å²) in [6, 6.07) is 1.65. The van der Waals surface area contributed by atoms with Crippen LogP contribution in [0.4, 0.5) is 5.13 Å². The molecule has 2 aliphatic rings. The fourth-order valence-electron chi connectivity index (χ4n) is 5.19. The number of aryl methyl sites for hydroxylation is 1. The van der Waals surface area contributed by atoms with Crippen molar-refractivity contribution < 1.29 is 21.6 Å². The van der Waals surface area contributed by atoms with Gasteiger partial charge in [-0.15, -0.1) is 0 Å². The fourth-order valence-corrected chi connectivity index (χ4v) is 9.63. The molecule has 13 heteroatoms. The van der Waals surface area contributed by atoms with Gasteiger partial charge in [0.25, 0.3) is 5.56 Å². The van der Waals surface area contributed by atoms with Crippen molar-refractivity contribution in [1.82, 2.24) is 9.55 Å². The molecule has 2 aromatic rings. The van der Waals surface area contributed by atoms with E-state index in [9.17, 15) is 26.4 Å². The number of hydrogen-bond acceptors (Lipinski definition) is 8. The first-order chi connectivity index (χ1) is 17.0. The molecule has 1 N–H and O–H groups in total. The van der Waals surface area contributed by atoms with Gasteiger partial charge >= 0.3 is 0 Å². The predicted molar refractivity (Wildman–Crippen MR) is 140 cm³/mol. The van der Waals surface area contributed by atoms with Gasteiger partial charge in [0.05, 0.1) is 27.8 Å². The van der Waals surface area contributed by atoms with Gasteiger partial charge in [0.1, 0.15) is 20.2 Å². The molecule has 0 spiro atoms. The summed E-state index contributed by atoms with van der Waals surface area (Å²) in [6.45, 7) is 1.62. The molecule has 9 nitrogen and oxygen atoms in total. The molecule has 1 aliphatic heterocycles. The molecule has 0 radical (unpaired) electrons. The van der Waals surface area contributed by atoms with Crippen LogP contribution in [0.3, 0.4) is 0 Å². The van der Waals surface area contributed by atoms with Gasteiger partial charge in [0, 0.05) is 11.8 Å². The normalized spacial score (nSPS) is 20.2. The Morgan fingerprint density at radius 1 is 1.19 bits per heavy atom. The molecule has 2 fully saturated rings. The summed E-state index contributed by atoms with van der Waals surface area (Å²) in [6.07, 6.45) is 7.15. The number of nitrogens with zero attached hydrogens (tertiary/aromatic N) is 2. The summed E-state index contributed by atoms with van der Waals surface area (Å²) in [4.78, 5) is 30.6. The lowest BCUT2D eigenvalue weighted by atomic mass is 9.84. The Balaban J connectivity index is 1.65. The number of sulfone groups is 2. The Labute approximate surface area is 220 Å². The summed E-state index contributed by atoms with van der Waals surface area (Å²) < 4.78 is 51.8. The van der Waals surface area contributed by atoms with E-state index >= 15 is 0 Å². The zero-order chi connectivity index (χ0) is 26.1. The number of pyridine rings is 1. The van der Waals surface area contributed by atoms with E-state index in [1.54, 1.807) is 6.92 Å². The molecule has 2 aromatic heterocycles. The highest BCUT2D eigenvalue weighted by Crippen LogP contribution is 2.33. The number of rotatable bonds is 7. The number of halogens is 1. The van der Waals surface area contributed by atoms with Crippen molar-refractivity contribution in [2.45, 2.75) is 74.5 Å². The van der Waals surface area contributed by atoms with Crippen molar-refractivity contribution >= 4 is 53.7 Å². The molecule has 0 aromatic carbocycles. The average molecular weight is 576 g/mol. The zero-order valence-corrected chi connectivity index (χ0v) is 23.2. The van der Waals surface area contributed by atoms with Gasteiger partial charge in [0.2, 0.25) is 5.91 Å². The van der Waals surface area contributed by atoms with E-state index in [0.717, 1.165) is 49.5 Å². The van der Waals surface area contributed by atoms with Crippen LogP contribution in [0.5, 0.6) is 0 Å². The van der Waals surface area contributed by atoms with Gasteiger partial charge in [-0.3, -0.25) is 9.59 Å². The van der Waals surface area contributed by atoms with E-state index in [-0.39, 0.29) is 35.2 Å². The molecule has 1 atom stereocenters. The number of carbonyl (C=O) groups excluding carboxylic acids is 1. The first-order valence-electron chi connectivity index (χ1n) is 12.1. The van der Waals surface area contributed by atoms with Crippen LogP contribution in [0.1, 0.15) is 63.1 Å². The molecular weight excluding hydrogens is 546 g/mol. The topological polar surface area (TPSA) is 132 Å². The Kier molecular flexibility index (Phi) is 8.28. The third kappa shape index (κ3) is 6.20. The van der Waals surface area contributed by atoms with Crippen molar-refractivity contribution in [3.05, 3.63) is 38.7 Å². The number of carbonyl (C=O) groups is 1. The van der Waals surface area contributed by atoms with E-state index in [0.29, 0.717) is 21.6 Å². The van der Waals surface area contributed by atoms with Crippen LogP contribution in [0, 0.1) is 12.8 Å². The minimum Gasteiger partial charge on any atom is -0.300 e. The second-order valence-corrected chi connectivity index (χ2v) is 15.8. The summed E-state index contributed by atoms with van der Waals surface area (Å²) in [7, 11) is -7.12. The van der Waals surface area contributed by atoms with Crippen LogP contribution in [0.2, 0.25) is 4.34 Å². The van der Waals surface area contributed by atoms with Crippen LogP contribution in [0.15, 0.2) is 28.0 Å². The summed E-state index contributed by atoms with van der Waals surface area (Å²) in [5.74, 6) is -0.493. The molecule has 1 aliphatic carbocycles. The smallest absolute Gasteiger partial charge is 0.252 e. The Bertz CT molecular complexity index is 1380. The van der Waals surface area contributed by atoms with Gasteiger partial charge in [-0.25, -0.2) is 21.8 Å². The van der Waals surface area contributed by atoms with Gasteiger partial charge in [-0.2, -0.15) is 0 Å². The average Bonchev–Trinajstić information content (AvgIpc) is 3.22. The highest BCUT2D eigenvalue weighted by atomic mass is 35.5. The lowest BCUT2D eigenvalue weighted by molar-refractivity contribution is -0.120. The maximum absolute atomic E-state index is 13.4. The molecule has 3 heterocycles. The maximum Gasteiger partial charge on any atom is 0.252 e. The van der Waals surface area contributed by atoms with Crippen molar-refractivity contribution in [2.75, 3.05) is 16.8 Å². The van der Waals surface area contributed by atoms with Crippen LogP contribution < -0.4 is 10.9 Å². The SMILES string of the molecule is Cc1cc(S(=O)(=O)C2CCS(=O)(=O)CC2)cc(=O)n1[C@@H](CC1CCCCC1)C(=O)Nc1ncc(Cl)s1. The molecule has 1 amide bonds. The summed E-state index contributed by atoms with van der Waals surface area (Å²) >= 11 is 7.06. The monoisotopic (exact) mass is 575 g/mol. The van der Waals surface area contributed by atoms with Crippen LogP contribution in [0.25, 0.3) is 0 Å². The molecule has 198 valence electrons. The molecular formula is C23H30ClN3O6S3. The predicted octanol–water partition coefficient (Wildman–Crippen LogP) is 3.77. The standard InChI is InChI=1S/C23H30ClN3O6S3/c1-15-11-18(36(32,33)17-7-9-35(30,31)10-8-17)13-21(28)27(15)19(12-16-5-3-2-4-6-16)22(29)26-23-25-14-20(24)34-23/h11,13-14,16-17,19H,2-10,12H2,1H3,(H,25,26,29)/t19-/m0/s1. The van der Waals surface area contributed by atoms with E-state index in [4.69, 9.17) is 11.6 Å². The number of nitrogens with one attached hydrogen (secondary N) is 1. The van der Waals surface area contributed by atoms with E-state index in [1.165, 1.54) is 16.8 Å². The van der Waals surface area contributed by atoms with Gasteiger partial charge in [0.15, 0.2) is 15.0 Å². The van der Waals surface area contributed by atoms with Crippen LogP contribution >= 0.6 is 22.9 Å². The summed E-state index contributed by atoms with van der Waals surface area (Å²) in [5.41, 5.74) is -0.220. The molecule has 1 saturated heterocycles. The number of hydrogen-bond donors (Lipinski definition) is 1. The lowest BCUT2D eigenvalue weighted by Crippen LogP contribution is -2.37.